The summed E-state index contributed by atoms with van der Waals surface area (Å²) in [4.78, 5) is 28.8. The van der Waals surface area contributed by atoms with Crippen molar-refractivity contribution in [1.29, 1.82) is 0 Å². The van der Waals surface area contributed by atoms with Crippen LogP contribution in [0.5, 0.6) is 0 Å². The molecular formula is C24H19ClN2O3S. The highest BCUT2D eigenvalue weighted by Gasteiger charge is 2.32. The minimum Gasteiger partial charge on any atom is -0.349 e. The van der Waals surface area contributed by atoms with Crippen LogP contribution in [-0.2, 0) is 17.3 Å². The lowest BCUT2D eigenvalue weighted by Crippen LogP contribution is -2.31. The molecule has 5 rings (SSSR count). The van der Waals surface area contributed by atoms with Crippen molar-refractivity contribution in [3.8, 4) is 0 Å². The van der Waals surface area contributed by atoms with Gasteiger partial charge in [-0.1, -0.05) is 35.9 Å². The second-order valence-corrected chi connectivity index (χ2v) is 9.57. The van der Waals surface area contributed by atoms with Gasteiger partial charge in [-0.05, 0) is 60.9 Å². The van der Waals surface area contributed by atoms with Gasteiger partial charge in [0.1, 0.15) is 0 Å². The summed E-state index contributed by atoms with van der Waals surface area (Å²) in [5, 5.41) is 3.54. The molecule has 156 valence electrons. The van der Waals surface area contributed by atoms with Crippen molar-refractivity contribution >= 4 is 39.9 Å². The van der Waals surface area contributed by atoms with Gasteiger partial charge in [0.2, 0.25) is 0 Å². The average Bonchev–Trinajstić information content (AvgIpc) is 3.60. The zero-order valence-electron chi connectivity index (χ0n) is 16.5. The van der Waals surface area contributed by atoms with E-state index in [1.807, 2.05) is 12.1 Å². The molecule has 0 unspecified atom stereocenters. The van der Waals surface area contributed by atoms with Crippen molar-refractivity contribution in [1.82, 2.24) is 5.32 Å². The van der Waals surface area contributed by atoms with Gasteiger partial charge in [0.15, 0.2) is 0 Å². The minimum atomic E-state index is -1.55. The molecular weight excluding hydrogens is 432 g/mol. The molecule has 3 aromatic carbocycles. The second kappa shape index (κ2) is 7.94. The number of rotatable bonds is 4. The van der Waals surface area contributed by atoms with Crippen molar-refractivity contribution in [2.45, 2.75) is 35.2 Å². The van der Waals surface area contributed by atoms with Gasteiger partial charge < -0.3 is 10.2 Å². The summed E-state index contributed by atoms with van der Waals surface area (Å²) in [6, 6.07) is 19.5. The lowest BCUT2D eigenvalue weighted by molar-refractivity contribution is 0.0947. The molecule has 0 aromatic heterocycles. The maximum atomic E-state index is 13.6. The number of anilines is 1. The Morgan fingerprint density at radius 1 is 1.03 bits per heavy atom. The van der Waals surface area contributed by atoms with E-state index >= 15 is 0 Å². The molecule has 0 saturated heterocycles. The summed E-state index contributed by atoms with van der Waals surface area (Å²) in [6.07, 6.45) is 1.96. The molecule has 5 nitrogen and oxygen atoms in total. The summed E-state index contributed by atoms with van der Waals surface area (Å²) in [5.41, 5.74) is 2.15. The predicted octanol–water partition coefficient (Wildman–Crippen LogP) is 4.56. The Balaban J connectivity index is 1.64. The standard InChI is InChI=1S/C24H19ClN2O3S/c25-17-5-3-4-15(12-17)14-27-20-13-16(23(28)26-18-9-10-18)8-11-22(20)31(30)21-7-2-1-6-19(21)24(27)29/h1-8,11-13,18H,9-10,14H2,(H,26,28)/t31-/m1/s1. The Kier molecular flexibility index (Phi) is 5.12. The monoisotopic (exact) mass is 450 g/mol. The van der Waals surface area contributed by atoms with E-state index in [0.717, 1.165) is 18.4 Å². The fourth-order valence-corrected chi connectivity index (χ4v) is 5.23. The van der Waals surface area contributed by atoms with Gasteiger partial charge >= 0.3 is 0 Å². The zero-order chi connectivity index (χ0) is 21.5. The largest absolute Gasteiger partial charge is 0.349 e. The van der Waals surface area contributed by atoms with Crippen LogP contribution in [0.3, 0.4) is 0 Å². The maximum Gasteiger partial charge on any atom is 0.259 e. The number of amides is 2. The SMILES string of the molecule is O=C(NC1CC1)c1ccc2c(c1)N(Cc1cccc(Cl)c1)C(=O)c1ccccc1[S@]2=O. The van der Waals surface area contributed by atoms with E-state index in [0.29, 0.717) is 31.6 Å². The molecule has 0 spiro atoms. The Hall–Kier alpha value is -2.96. The van der Waals surface area contributed by atoms with Crippen LogP contribution >= 0.6 is 11.6 Å². The molecule has 1 heterocycles. The highest BCUT2D eigenvalue weighted by atomic mass is 35.5. The second-order valence-electron chi connectivity index (χ2n) is 7.72. The van der Waals surface area contributed by atoms with Gasteiger partial charge in [-0.2, -0.15) is 0 Å². The van der Waals surface area contributed by atoms with E-state index in [1.165, 1.54) is 0 Å². The van der Waals surface area contributed by atoms with E-state index in [-0.39, 0.29) is 24.4 Å². The van der Waals surface area contributed by atoms with E-state index in [1.54, 1.807) is 59.5 Å². The van der Waals surface area contributed by atoms with E-state index in [9.17, 15) is 13.8 Å². The smallest absolute Gasteiger partial charge is 0.259 e. The number of benzene rings is 3. The van der Waals surface area contributed by atoms with Crippen LogP contribution in [0.4, 0.5) is 5.69 Å². The van der Waals surface area contributed by atoms with Crippen LogP contribution in [0, 0.1) is 0 Å². The normalized spacial score (nSPS) is 17.5. The minimum absolute atomic E-state index is 0.187. The predicted molar refractivity (Wildman–Crippen MR) is 120 cm³/mol. The van der Waals surface area contributed by atoms with Crippen molar-refractivity contribution in [3.05, 3.63) is 88.4 Å². The number of fused-ring (bicyclic) bond motifs is 2. The first-order valence-corrected chi connectivity index (χ1v) is 11.6. The van der Waals surface area contributed by atoms with Crippen LogP contribution in [0.2, 0.25) is 5.02 Å². The molecule has 0 radical (unpaired) electrons. The van der Waals surface area contributed by atoms with Gasteiger partial charge in [0.05, 0.1) is 38.4 Å². The van der Waals surface area contributed by atoms with Gasteiger partial charge in [0, 0.05) is 16.6 Å². The molecule has 2 aliphatic rings. The van der Waals surface area contributed by atoms with Crippen molar-refractivity contribution in [2.24, 2.45) is 0 Å². The molecule has 1 saturated carbocycles. The van der Waals surface area contributed by atoms with Gasteiger partial charge in [-0.3, -0.25) is 9.59 Å². The highest BCUT2D eigenvalue weighted by Crippen LogP contribution is 2.36. The molecule has 1 N–H and O–H groups in total. The van der Waals surface area contributed by atoms with E-state index in [2.05, 4.69) is 5.32 Å². The van der Waals surface area contributed by atoms with Gasteiger partial charge in [-0.25, -0.2) is 4.21 Å². The van der Waals surface area contributed by atoms with Gasteiger partial charge in [-0.15, -0.1) is 0 Å². The Morgan fingerprint density at radius 2 is 1.84 bits per heavy atom. The van der Waals surface area contributed by atoms with Crippen LogP contribution in [0.1, 0.15) is 39.1 Å². The molecule has 1 aliphatic heterocycles. The number of carbonyl (C=O) groups is 2. The van der Waals surface area contributed by atoms with Crippen LogP contribution in [0.15, 0.2) is 76.5 Å². The van der Waals surface area contributed by atoms with Crippen LogP contribution in [-0.4, -0.2) is 22.1 Å². The third-order valence-electron chi connectivity index (χ3n) is 5.42. The first kappa shape index (κ1) is 20.0. The maximum absolute atomic E-state index is 13.6. The summed E-state index contributed by atoms with van der Waals surface area (Å²) < 4.78 is 13.4. The number of nitrogens with zero attached hydrogens (tertiary/aromatic N) is 1. The molecule has 1 aliphatic carbocycles. The fourth-order valence-electron chi connectivity index (χ4n) is 3.68. The highest BCUT2D eigenvalue weighted by molar-refractivity contribution is 7.85. The van der Waals surface area contributed by atoms with Crippen molar-refractivity contribution in [2.75, 3.05) is 4.90 Å². The number of nitrogens with one attached hydrogen (secondary N) is 1. The first-order valence-electron chi connectivity index (χ1n) is 10.0. The molecule has 31 heavy (non-hydrogen) atoms. The summed E-state index contributed by atoms with van der Waals surface area (Å²) in [6.45, 7) is 0.242. The Bertz CT molecular complexity index is 1240. The molecule has 0 bridgehead atoms. The number of hydrogen-bond acceptors (Lipinski definition) is 3. The zero-order valence-corrected chi connectivity index (χ0v) is 18.1. The van der Waals surface area contributed by atoms with Crippen molar-refractivity contribution < 1.29 is 13.8 Å². The molecule has 1 fully saturated rings. The van der Waals surface area contributed by atoms with Crippen LogP contribution in [0.25, 0.3) is 0 Å². The topological polar surface area (TPSA) is 66.5 Å². The van der Waals surface area contributed by atoms with Crippen molar-refractivity contribution in [3.63, 3.8) is 0 Å². The lowest BCUT2D eigenvalue weighted by Gasteiger charge is -2.23. The number of carbonyl (C=O) groups excluding carboxylic acids is 2. The quantitative estimate of drug-likeness (QED) is 0.633. The number of halogens is 1. The van der Waals surface area contributed by atoms with E-state index in [4.69, 9.17) is 11.6 Å². The van der Waals surface area contributed by atoms with Gasteiger partial charge in [0.25, 0.3) is 11.8 Å². The third-order valence-corrected chi connectivity index (χ3v) is 7.15. The average molecular weight is 451 g/mol. The summed E-state index contributed by atoms with van der Waals surface area (Å²) in [5.74, 6) is -0.449. The Morgan fingerprint density at radius 3 is 2.61 bits per heavy atom. The van der Waals surface area contributed by atoms with Crippen LogP contribution < -0.4 is 10.2 Å². The Labute approximate surface area is 187 Å². The van der Waals surface area contributed by atoms with E-state index < -0.39 is 10.8 Å². The third kappa shape index (κ3) is 3.89. The summed E-state index contributed by atoms with van der Waals surface area (Å²) >= 11 is 6.15. The molecule has 3 aromatic rings. The molecule has 2 amide bonds. The fraction of sp³-hybridized carbons (Fsp3) is 0.167. The summed E-state index contributed by atoms with van der Waals surface area (Å²) in [7, 11) is -1.55. The lowest BCUT2D eigenvalue weighted by atomic mass is 10.1. The molecule has 1 atom stereocenters. The molecule has 7 heteroatoms. The first-order chi connectivity index (χ1) is 15.0. The number of hydrogen-bond donors (Lipinski definition) is 1.